The van der Waals surface area contributed by atoms with Crippen LogP contribution in [0.15, 0.2) is 40.9 Å². The summed E-state index contributed by atoms with van der Waals surface area (Å²) in [5.74, 6) is -0.640. The Balaban J connectivity index is 1.77. The van der Waals surface area contributed by atoms with Gasteiger partial charge in [0.05, 0.1) is 24.4 Å². The highest BCUT2D eigenvalue weighted by Crippen LogP contribution is 2.31. The lowest BCUT2D eigenvalue weighted by Gasteiger charge is -2.26. The zero-order valence-electron chi connectivity index (χ0n) is 18.0. The summed E-state index contributed by atoms with van der Waals surface area (Å²) in [7, 11) is 3.09. The number of aryl methyl sites for hydroxylation is 2. The maximum absolute atomic E-state index is 13.6. The standard InChI is InChI=1S/C23H24F2N2O4/c1-13-18(15(3)31-26-13)12-30-21-9-7-17(11-22(21)29-5)23(28)27(4)14(2)16-6-8-19(24)20(25)10-16/h6-11,14H,12H2,1-5H3. The Kier molecular flexibility index (Phi) is 6.58. The lowest BCUT2D eigenvalue weighted by Crippen LogP contribution is -2.29. The van der Waals surface area contributed by atoms with Gasteiger partial charge in [0, 0.05) is 12.6 Å². The van der Waals surface area contributed by atoms with Crippen molar-refractivity contribution >= 4 is 5.91 Å². The summed E-state index contributed by atoms with van der Waals surface area (Å²) in [6.07, 6.45) is 0. The molecule has 3 rings (SSSR count). The van der Waals surface area contributed by atoms with Crippen LogP contribution in [0.2, 0.25) is 0 Å². The highest BCUT2D eigenvalue weighted by Gasteiger charge is 2.21. The first kappa shape index (κ1) is 22.3. The van der Waals surface area contributed by atoms with Crippen molar-refractivity contribution in [3.8, 4) is 11.5 Å². The molecule has 0 aliphatic carbocycles. The third-order valence-electron chi connectivity index (χ3n) is 5.29. The fourth-order valence-corrected chi connectivity index (χ4v) is 3.15. The van der Waals surface area contributed by atoms with Crippen molar-refractivity contribution < 1.29 is 27.6 Å². The van der Waals surface area contributed by atoms with E-state index >= 15 is 0 Å². The topological polar surface area (TPSA) is 64.8 Å². The van der Waals surface area contributed by atoms with Crippen LogP contribution in [0.4, 0.5) is 8.78 Å². The molecule has 0 saturated heterocycles. The van der Waals surface area contributed by atoms with Gasteiger partial charge in [0.2, 0.25) is 0 Å². The van der Waals surface area contributed by atoms with Gasteiger partial charge in [-0.1, -0.05) is 11.2 Å². The molecule has 0 fully saturated rings. The number of amides is 1. The van der Waals surface area contributed by atoms with E-state index in [0.29, 0.717) is 28.4 Å². The molecule has 0 saturated carbocycles. The second-order valence-electron chi connectivity index (χ2n) is 7.22. The van der Waals surface area contributed by atoms with E-state index < -0.39 is 17.7 Å². The molecule has 0 radical (unpaired) electrons. The largest absolute Gasteiger partial charge is 0.493 e. The normalized spacial score (nSPS) is 11.8. The minimum absolute atomic E-state index is 0.248. The molecule has 1 amide bonds. The highest BCUT2D eigenvalue weighted by atomic mass is 19.2. The molecule has 1 atom stereocenters. The molecule has 0 bridgehead atoms. The monoisotopic (exact) mass is 430 g/mol. The van der Waals surface area contributed by atoms with E-state index in [1.54, 1.807) is 32.2 Å². The van der Waals surface area contributed by atoms with E-state index in [1.807, 2.05) is 13.8 Å². The number of nitrogens with zero attached hydrogens (tertiary/aromatic N) is 2. The SMILES string of the molecule is COc1cc(C(=O)N(C)C(C)c2ccc(F)c(F)c2)ccc1OCc1c(C)noc1C. The third-order valence-corrected chi connectivity index (χ3v) is 5.29. The average Bonchev–Trinajstić information content (AvgIpc) is 3.09. The number of hydrogen-bond acceptors (Lipinski definition) is 5. The number of ether oxygens (including phenoxy) is 2. The number of benzene rings is 2. The zero-order valence-corrected chi connectivity index (χ0v) is 18.0. The van der Waals surface area contributed by atoms with Crippen LogP contribution >= 0.6 is 0 Å². The second-order valence-corrected chi connectivity index (χ2v) is 7.22. The van der Waals surface area contributed by atoms with Gasteiger partial charge >= 0.3 is 0 Å². The maximum Gasteiger partial charge on any atom is 0.254 e. The van der Waals surface area contributed by atoms with Crippen molar-refractivity contribution in [3.05, 3.63) is 76.2 Å². The maximum atomic E-state index is 13.6. The summed E-state index contributed by atoms with van der Waals surface area (Å²) >= 11 is 0. The van der Waals surface area contributed by atoms with E-state index in [9.17, 15) is 13.6 Å². The molecular weight excluding hydrogens is 406 g/mol. The Morgan fingerprint density at radius 1 is 1.13 bits per heavy atom. The number of hydrogen-bond donors (Lipinski definition) is 0. The zero-order chi connectivity index (χ0) is 22.7. The van der Waals surface area contributed by atoms with Crippen molar-refractivity contribution in [1.82, 2.24) is 10.1 Å². The van der Waals surface area contributed by atoms with Crippen LogP contribution in [-0.4, -0.2) is 30.1 Å². The number of methoxy groups -OCH3 is 1. The number of carbonyl (C=O) groups excluding carboxylic acids is 1. The van der Waals surface area contributed by atoms with E-state index in [-0.39, 0.29) is 12.5 Å². The number of rotatable bonds is 7. The van der Waals surface area contributed by atoms with E-state index in [2.05, 4.69) is 5.16 Å². The van der Waals surface area contributed by atoms with Crippen LogP contribution in [-0.2, 0) is 6.61 Å². The predicted molar refractivity (Wildman–Crippen MR) is 110 cm³/mol. The fraction of sp³-hybridized carbons (Fsp3) is 0.304. The van der Waals surface area contributed by atoms with Crippen molar-refractivity contribution in [3.63, 3.8) is 0 Å². The molecule has 8 heteroatoms. The van der Waals surface area contributed by atoms with Gasteiger partial charge in [0.1, 0.15) is 12.4 Å². The van der Waals surface area contributed by atoms with Crippen LogP contribution in [0, 0.1) is 25.5 Å². The minimum Gasteiger partial charge on any atom is -0.493 e. The lowest BCUT2D eigenvalue weighted by molar-refractivity contribution is 0.0742. The Bertz CT molecular complexity index is 1080. The predicted octanol–water partition coefficient (Wildman–Crippen LogP) is 4.99. The number of aromatic nitrogens is 1. The van der Waals surface area contributed by atoms with E-state index in [4.69, 9.17) is 14.0 Å². The first-order valence-corrected chi connectivity index (χ1v) is 9.67. The smallest absolute Gasteiger partial charge is 0.254 e. The summed E-state index contributed by atoms with van der Waals surface area (Å²) in [5, 5.41) is 3.90. The van der Waals surface area contributed by atoms with Crippen LogP contribution in [0.25, 0.3) is 0 Å². The molecule has 3 aromatic rings. The quantitative estimate of drug-likeness (QED) is 0.528. The van der Waals surface area contributed by atoms with Crippen molar-refractivity contribution in [2.75, 3.05) is 14.2 Å². The molecule has 164 valence electrons. The number of carbonyl (C=O) groups is 1. The van der Waals surface area contributed by atoms with Crippen molar-refractivity contribution in [2.45, 2.75) is 33.4 Å². The van der Waals surface area contributed by atoms with Gasteiger partial charge in [-0.05, 0) is 56.7 Å². The summed E-state index contributed by atoms with van der Waals surface area (Å²) in [4.78, 5) is 14.4. The Morgan fingerprint density at radius 3 is 2.48 bits per heavy atom. The van der Waals surface area contributed by atoms with E-state index in [0.717, 1.165) is 23.4 Å². The van der Waals surface area contributed by atoms with Gasteiger partial charge in [-0.15, -0.1) is 0 Å². The molecule has 0 N–H and O–H groups in total. The van der Waals surface area contributed by atoms with Crippen LogP contribution in [0.5, 0.6) is 11.5 Å². The van der Waals surface area contributed by atoms with Crippen LogP contribution < -0.4 is 9.47 Å². The van der Waals surface area contributed by atoms with Crippen LogP contribution in [0.1, 0.15) is 45.9 Å². The molecule has 1 unspecified atom stereocenters. The highest BCUT2D eigenvalue weighted by molar-refractivity contribution is 5.95. The van der Waals surface area contributed by atoms with Gasteiger partial charge in [0.15, 0.2) is 23.1 Å². The number of halogens is 2. The molecule has 31 heavy (non-hydrogen) atoms. The molecule has 0 aliphatic rings. The Morgan fingerprint density at radius 2 is 1.87 bits per heavy atom. The van der Waals surface area contributed by atoms with Gasteiger partial charge in [-0.25, -0.2) is 8.78 Å². The van der Waals surface area contributed by atoms with Gasteiger partial charge in [-0.3, -0.25) is 4.79 Å². The molecule has 0 aliphatic heterocycles. The molecule has 1 aromatic heterocycles. The van der Waals surface area contributed by atoms with Crippen molar-refractivity contribution in [2.24, 2.45) is 0 Å². The van der Waals surface area contributed by atoms with Crippen molar-refractivity contribution in [1.29, 1.82) is 0 Å². The average molecular weight is 430 g/mol. The molecule has 6 nitrogen and oxygen atoms in total. The summed E-state index contributed by atoms with van der Waals surface area (Å²) < 4.78 is 43.2. The first-order valence-electron chi connectivity index (χ1n) is 9.67. The van der Waals surface area contributed by atoms with Gasteiger partial charge < -0.3 is 18.9 Å². The van der Waals surface area contributed by atoms with Crippen LogP contribution in [0.3, 0.4) is 0 Å². The Labute approximate surface area is 179 Å². The third kappa shape index (κ3) is 4.68. The fourth-order valence-electron chi connectivity index (χ4n) is 3.15. The van der Waals surface area contributed by atoms with Gasteiger partial charge in [0.25, 0.3) is 5.91 Å². The Hall–Kier alpha value is -3.42. The lowest BCUT2D eigenvalue weighted by atomic mass is 10.1. The van der Waals surface area contributed by atoms with E-state index in [1.165, 1.54) is 18.1 Å². The molecule has 0 spiro atoms. The first-order chi connectivity index (χ1) is 14.7. The molecular formula is C23H24F2N2O4. The summed E-state index contributed by atoms with van der Waals surface area (Å²) in [6, 6.07) is 7.99. The summed E-state index contributed by atoms with van der Waals surface area (Å²) in [5.41, 5.74) is 2.46. The minimum atomic E-state index is -0.952. The molecule has 1 heterocycles. The molecule has 2 aromatic carbocycles. The summed E-state index contributed by atoms with van der Waals surface area (Å²) in [6.45, 7) is 5.63. The second kappa shape index (κ2) is 9.16. The van der Waals surface area contributed by atoms with Gasteiger partial charge in [-0.2, -0.15) is 0 Å².